The molecule has 0 atom stereocenters. The van der Waals surface area contributed by atoms with Gasteiger partial charge < -0.3 is 14.8 Å². The van der Waals surface area contributed by atoms with Gasteiger partial charge >= 0.3 is 0 Å². The summed E-state index contributed by atoms with van der Waals surface area (Å²) in [6, 6.07) is 22.5. The number of hydrogen-bond acceptors (Lipinski definition) is 5. The Labute approximate surface area is 189 Å². The number of methoxy groups -OCH3 is 1. The average Bonchev–Trinajstić information content (AvgIpc) is 3.12. The summed E-state index contributed by atoms with van der Waals surface area (Å²) in [5.74, 6) is 0.983. The van der Waals surface area contributed by atoms with Crippen molar-refractivity contribution in [2.75, 3.05) is 7.11 Å². The molecule has 1 N–H and O–H groups in total. The van der Waals surface area contributed by atoms with Crippen molar-refractivity contribution in [3.05, 3.63) is 93.9 Å². The molecule has 3 aromatic carbocycles. The maximum atomic E-state index is 12.4. The normalized spacial score (nSPS) is 15.9. The fourth-order valence-electron chi connectivity index (χ4n) is 2.92. The van der Waals surface area contributed by atoms with Gasteiger partial charge in [0, 0.05) is 10.6 Å². The van der Waals surface area contributed by atoms with Gasteiger partial charge in [0.05, 0.1) is 17.7 Å². The monoisotopic (exact) mass is 450 g/mol. The molecule has 7 heteroatoms. The van der Waals surface area contributed by atoms with E-state index in [4.69, 9.17) is 21.1 Å². The molecule has 156 valence electrons. The second-order valence-corrected chi connectivity index (χ2v) is 8.05. The van der Waals surface area contributed by atoms with Crippen molar-refractivity contribution in [2.24, 2.45) is 4.99 Å². The Morgan fingerprint density at radius 3 is 2.58 bits per heavy atom. The molecule has 1 saturated heterocycles. The fraction of sp³-hybridized carbons (Fsp3) is 0.0833. The van der Waals surface area contributed by atoms with E-state index in [0.29, 0.717) is 33.2 Å². The highest BCUT2D eigenvalue weighted by Crippen LogP contribution is 2.33. The Balaban J connectivity index is 1.53. The van der Waals surface area contributed by atoms with Gasteiger partial charge in [0.1, 0.15) is 6.61 Å². The van der Waals surface area contributed by atoms with Gasteiger partial charge in [0.15, 0.2) is 16.7 Å². The fourth-order valence-corrected chi connectivity index (χ4v) is 3.95. The van der Waals surface area contributed by atoms with Crippen LogP contribution in [0.4, 0.5) is 5.69 Å². The van der Waals surface area contributed by atoms with E-state index in [0.717, 1.165) is 16.8 Å². The van der Waals surface area contributed by atoms with Crippen molar-refractivity contribution in [1.29, 1.82) is 0 Å². The summed E-state index contributed by atoms with van der Waals surface area (Å²) in [5, 5.41) is 3.99. The zero-order valence-electron chi connectivity index (χ0n) is 16.7. The van der Waals surface area contributed by atoms with Crippen LogP contribution in [-0.4, -0.2) is 18.2 Å². The van der Waals surface area contributed by atoms with E-state index >= 15 is 0 Å². The van der Waals surface area contributed by atoms with Crippen molar-refractivity contribution in [3.63, 3.8) is 0 Å². The zero-order chi connectivity index (χ0) is 21.6. The zero-order valence-corrected chi connectivity index (χ0v) is 18.2. The molecule has 0 unspecified atom stereocenters. The highest BCUT2D eigenvalue weighted by molar-refractivity contribution is 8.18. The van der Waals surface area contributed by atoms with Crippen molar-refractivity contribution < 1.29 is 14.3 Å². The van der Waals surface area contributed by atoms with Gasteiger partial charge in [-0.2, -0.15) is 0 Å². The van der Waals surface area contributed by atoms with Crippen LogP contribution in [0.1, 0.15) is 11.1 Å². The Hall–Kier alpha value is -3.22. The van der Waals surface area contributed by atoms with E-state index in [2.05, 4.69) is 10.3 Å². The first-order valence-corrected chi connectivity index (χ1v) is 10.7. The number of halogens is 1. The molecule has 1 amide bonds. The highest BCUT2D eigenvalue weighted by atomic mass is 35.5. The number of nitrogens with one attached hydrogen (secondary N) is 1. The molecule has 0 aliphatic carbocycles. The summed E-state index contributed by atoms with van der Waals surface area (Å²) in [7, 11) is 1.59. The van der Waals surface area contributed by atoms with Crippen molar-refractivity contribution in [1.82, 2.24) is 5.32 Å². The number of rotatable bonds is 6. The molecule has 5 nitrogen and oxygen atoms in total. The lowest BCUT2D eigenvalue weighted by atomic mass is 10.2. The number of benzene rings is 3. The van der Waals surface area contributed by atoms with E-state index < -0.39 is 0 Å². The van der Waals surface area contributed by atoms with E-state index in [9.17, 15) is 4.79 Å². The third kappa shape index (κ3) is 5.29. The standard InChI is InChI=1S/C24H19ClN2O3S/c1-29-20-12-11-16(13-21(20)30-15-17-7-5-6-10-19(17)25)14-22-23(28)27-24(31-22)26-18-8-3-2-4-9-18/h2-14H,15H2,1H3,(H,26,27,28)/b22-14-. The molecule has 0 aromatic heterocycles. The molecule has 3 aromatic rings. The minimum Gasteiger partial charge on any atom is -0.493 e. The topological polar surface area (TPSA) is 59.9 Å². The number of amides is 1. The molecule has 31 heavy (non-hydrogen) atoms. The maximum absolute atomic E-state index is 12.4. The molecule has 1 heterocycles. The van der Waals surface area contributed by atoms with Crippen LogP contribution < -0.4 is 14.8 Å². The van der Waals surface area contributed by atoms with Gasteiger partial charge in [-0.3, -0.25) is 4.79 Å². The number of ether oxygens (including phenoxy) is 2. The number of carbonyl (C=O) groups excluding carboxylic acids is 1. The number of carbonyl (C=O) groups is 1. The lowest BCUT2D eigenvalue weighted by Crippen LogP contribution is -2.19. The predicted molar refractivity (Wildman–Crippen MR) is 126 cm³/mol. The molecular formula is C24H19ClN2O3S. The van der Waals surface area contributed by atoms with Crippen LogP contribution in [0.15, 0.2) is 82.7 Å². The quantitative estimate of drug-likeness (QED) is 0.481. The minimum atomic E-state index is -0.186. The molecule has 0 saturated carbocycles. The van der Waals surface area contributed by atoms with Gasteiger partial charge in [0.2, 0.25) is 0 Å². The number of nitrogens with zero attached hydrogens (tertiary/aromatic N) is 1. The summed E-state index contributed by atoms with van der Waals surface area (Å²) >= 11 is 7.51. The first kappa shape index (κ1) is 21.0. The predicted octanol–water partition coefficient (Wildman–Crippen LogP) is 5.82. The van der Waals surface area contributed by atoms with Crippen LogP contribution in [-0.2, 0) is 11.4 Å². The Kier molecular flexibility index (Phi) is 6.60. The molecule has 0 radical (unpaired) electrons. The first-order chi connectivity index (χ1) is 15.1. The largest absolute Gasteiger partial charge is 0.493 e. The number of hydrogen-bond donors (Lipinski definition) is 1. The van der Waals surface area contributed by atoms with Crippen LogP contribution in [0.5, 0.6) is 11.5 Å². The van der Waals surface area contributed by atoms with Crippen LogP contribution in [0, 0.1) is 0 Å². The van der Waals surface area contributed by atoms with Crippen LogP contribution in [0.25, 0.3) is 6.08 Å². The second-order valence-electron chi connectivity index (χ2n) is 6.61. The number of amidine groups is 1. The smallest absolute Gasteiger partial charge is 0.264 e. The summed E-state index contributed by atoms with van der Waals surface area (Å²) < 4.78 is 11.4. The summed E-state index contributed by atoms with van der Waals surface area (Å²) in [6.45, 7) is 0.305. The van der Waals surface area contributed by atoms with Gasteiger partial charge in [-0.05, 0) is 53.7 Å². The Morgan fingerprint density at radius 2 is 1.81 bits per heavy atom. The van der Waals surface area contributed by atoms with Crippen LogP contribution in [0.3, 0.4) is 0 Å². The molecule has 0 bridgehead atoms. The molecular weight excluding hydrogens is 432 g/mol. The maximum Gasteiger partial charge on any atom is 0.264 e. The van der Waals surface area contributed by atoms with Crippen molar-refractivity contribution >= 4 is 46.2 Å². The molecule has 1 aliphatic rings. The van der Waals surface area contributed by atoms with Gasteiger partial charge in [-0.1, -0.05) is 54.1 Å². The number of thioether (sulfide) groups is 1. The Bertz CT molecular complexity index is 1160. The van der Waals surface area contributed by atoms with Gasteiger partial charge in [0.25, 0.3) is 5.91 Å². The van der Waals surface area contributed by atoms with Crippen LogP contribution in [0.2, 0.25) is 5.02 Å². The van der Waals surface area contributed by atoms with E-state index in [1.807, 2.05) is 72.8 Å². The van der Waals surface area contributed by atoms with Crippen molar-refractivity contribution in [3.8, 4) is 11.5 Å². The van der Waals surface area contributed by atoms with Crippen LogP contribution >= 0.6 is 23.4 Å². The molecule has 4 rings (SSSR count). The SMILES string of the molecule is COc1ccc(/C=C2\SC(=Nc3ccccc3)NC2=O)cc1OCc1ccccc1Cl. The minimum absolute atomic E-state index is 0.186. The Morgan fingerprint density at radius 1 is 1.03 bits per heavy atom. The molecule has 0 spiro atoms. The van der Waals surface area contributed by atoms with E-state index in [1.165, 1.54) is 11.8 Å². The summed E-state index contributed by atoms with van der Waals surface area (Å²) in [5.41, 5.74) is 2.47. The summed E-state index contributed by atoms with van der Waals surface area (Å²) in [4.78, 5) is 17.4. The number of para-hydroxylation sites is 1. The van der Waals surface area contributed by atoms with Gasteiger partial charge in [-0.25, -0.2) is 4.99 Å². The second kappa shape index (κ2) is 9.73. The third-order valence-corrected chi connectivity index (χ3v) is 5.74. The van der Waals surface area contributed by atoms with Gasteiger partial charge in [-0.15, -0.1) is 0 Å². The molecule has 1 fully saturated rings. The lowest BCUT2D eigenvalue weighted by Gasteiger charge is -2.12. The molecule has 1 aliphatic heterocycles. The lowest BCUT2D eigenvalue weighted by molar-refractivity contribution is -0.115. The van der Waals surface area contributed by atoms with E-state index in [-0.39, 0.29) is 5.91 Å². The number of aliphatic imine (C=N–C) groups is 1. The van der Waals surface area contributed by atoms with Crippen molar-refractivity contribution in [2.45, 2.75) is 6.61 Å². The third-order valence-electron chi connectivity index (χ3n) is 4.46. The average molecular weight is 451 g/mol. The first-order valence-electron chi connectivity index (χ1n) is 9.51. The highest BCUT2D eigenvalue weighted by Gasteiger charge is 2.24. The summed E-state index contributed by atoms with van der Waals surface area (Å²) in [6.07, 6.45) is 1.80. The van der Waals surface area contributed by atoms with E-state index in [1.54, 1.807) is 13.2 Å².